The van der Waals surface area contributed by atoms with Crippen LogP contribution in [0.2, 0.25) is 0 Å². The molecule has 5 aromatic carbocycles. The Bertz CT molecular complexity index is 2010. The Hall–Kier alpha value is -5.21. The molecule has 0 saturated heterocycles. The monoisotopic (exact) mass is 994 g/mol. The van der Waals surface area contributed by atoms with E-state index >= 15 is 0 Å². The number of ether oxygens (including phenoxy) is 7. The number of carbonyl (C=O) groups excluding carboxylic acids is 3. The summed E-state index contributed by atoms with van der Waals surface area (Å²) in [5.74, 6) is 1.87. The van der Waals surface area contributed by atoms with Gasteiger partial charge in [0, 0.05) is 0 Å². The number of methoxy groups -OCH3 is 3. The molecule has 0 saturated carbocycles. The number of phenols is 2. The number of rotatable bonds is 13. The molecule has 0 heterocycles. The summed E-state index contributed by atoms with van der Waals surface area (Å²) in [6, 6.07) is 39.9. The van der Waals surface area contributed by atoms with E-state index in [9.17, 15) is 14.4 Å². The van der Waals surface area contributed by atoms with Crippen molar-refractivity contribution in [1.82, 2.24) is 0 Å². The zero-order valence-corrected chi connectivity index (χ0v) is 40.1. The van der Waals surface area contributed by atoms with Gasteiger partial charge in [-0.3, -0.25) is 4.79 Å². The predicted octanol–water partition coefficient (Wildman–Crippen LogP) is 9.92. The summed E-state index contributed by atoms with van der Waals surface area (Å²) in [7, 11) is 4.02. The van der Waals surface area contributed by atoms with Crippen molar-refractivity contribution in [1.29, 1.82) is 0 Å². The van der Waals surface area contributed by atoms with E-state index in [4.69, 9.17) is 33.9 Å². The van der Waals surface area contributed by atoms with Crippen LogP contribution in [-0.2, 0) is 41.8 Å². The van der Waals surface area contributed by atoms with Crippen LogP contribution in [0, 0.1) is 0 Å². The van der Waals surface area contributed by atoms with Crippen LogP contribution in [-0.4, -0.2) is 65.0 Å². The molecule has 0 aliphatic rings. The molecule has 364 valence electrons. The van der Waals surface area contributed by atoms with Gasteiger partial charge >= 0.3 is 47.5 Å². The number of alkyl halides is 1. The molecule has 66 heavy (non-hydrogen) atoms. The maximum absolute atomic E-state index is 11.6. The van der Waals surface area contributed by atoms with Gasteiger partial charge < -0.3 is 44.8 Å². The van der Waals surface area contributed by atoms with Gasteiger partial charge in [0.25, 0.3) is 0 Å². The first kappa shape index (κ1) is 69.8. The number of hydrogen-bond acceptors (Lipinski definition) is 12. The van der Waals surface area contributed by atoms with E-state index in [1.807, 2.05) is 72.8 Å². The number of phenolic OH excluding ortho intramolecular Hbond substituents is 2. The molecule has 5 aromatic rings. The SMILES string of the molecule is C.C.C.C.C.COC(=O)C(C)(C)Br.COC(=O)C(C)(C)Oc1ccc(O)cc1.COC(=O)C(C)(C)Oc1ccc(OCc2ccccc2)cc1.Oc1ccc(OCc2ccccc2)cc1.[H-].[Na+]. The number of esters is 3. The molecule has 0 bridgehead atoms. The van der Waals surface area contributed by atoms with Crippen LogP contribution in [0.1, 0.15) is 91.2 Å². The topological polar surface area (TPSA) is 156 Å². The first-order valence-corrected chi connectivity index (χ1v) is 19.4. The van der Waals surface area contributed by atoms with Crippen LogP contribution < -0.4 is 48.5 Å². The van der Waals surface area contributed by atoms with Gasteiger partial charge in [0.1, 0.15) is 52.0 Å². The van der Waals surface area contributed by atoms with Crippen molar-refractivity contribution in [3.8, 4) is 34.5 Å². The molecule has 5 rings (SSSR count). The summed E-state index contributed by atoms with van der Waals surface area (Å²) in [4.78, 5) is 33.5. The zero-order chi connectivity index (χ0) is 44.8. The third kappa shape index (κ3) is 27.3. The number of halogens is 1. The Labute approximate surface area is 427 Å². The van der Waals surface area contributed by atoms with E-state index in [0.29, 0.717) is 24.7 Å². The normalized spacial score (nSPS) is 9.67. The first-order valence-electron chi connectivity index (χ1n) is 18.6. The van der Waals surface area contributed by atoms with E-state index in [1.54, 1.807) is 90.1 Å². The second-order valence-electron chi connectivity index (χ2n) is 14.2. The third-order valence-corrected chi connectivity index (χ3v) is 8.09. The fraction of sp³-hybridized carbons (Fsp3) is 0.365. The van der Waals surface area contributed by atoms with Gasteiger partial charge in [-0.2, -0.15) is 0 Å². The summed E-state index contributed by atoms with van der Waals surface area (Å²) in [5.41, 5.74) is 0.174. The van der Waals surface area contributed by atoms with Gasteiger partial charge in [-0.15, -0.1) is 0 Å². The minimum absolute atomic E-state index is 0. The van der Waals surface area contributed by atoms with Gasteiger partial charge in [-0.05, 0) is 125 Å². The Balaban J connectivity index is -0.000000187. The summed E-state index contributed by atoms with van der Waals surface area (Å²) in [6.45, 7) is 11.1. The molecule has 2 N–H and O–H groups in total. The Morgan fingerprint density at radius 3 is 0.970 bits per heavy atom. The van der Waals surface area contributed by atoms with Gasteiger partial charge in [0.2, 0.25) is 0 Å². The van der Waals surface area contributed by atoms with Crippen molar-refractivity contribution in [3.05, 3.63) is 145 Å². The van der Waals surface area contributed by atoms with Crippen LogP contribution >= 0.6 is 15.9 Å². The zero-order valence-electron chi connectivity index (χ0n) is 37.5. The molecular weight excluding hydrogens is 919 g/mol. The molecule has 0 amide bonds. The number of benzene rings is 5. The molecule has 14 heteroatoms. The summed E-state index contributed by atoms with van der Waals surface area (Å²) >= 11 is 3.13. The Morgan fingerprint density at radius 1 is 0.455 bits per heavy atom. The molecule has 0 fully saturated rings. The predicted molar refractivity (Wildman–Crippen MR) is 267 cm³/mol. The fourth-order valence-corrected chi connectivity index (χ4v) is 4.71. The van der Waals surface area contributed by atoms with Gasteiger partial charge in [0.05, 0.1) is 21.3 Å². The van der Waals surface area contributed by atoms with Gasteiger partial charge in [-0.1, -0.05) is 114 Å². The van der Waals surface area contributed by atoms with Crippen LogP contribution in [0.4, 0.5) is 0 Å². The van der Waals surface area contributed by atoms with Crippen molar-refractivity contribution in [2.45, 2.75) is 107 Å². The molecule has 0 aromatic heterocycles. The first-order chi connectivity index (χ1) is 28.3. The molecular formula is C52H76BrNaO12. The molecule has 12 nitrogen and oxygen atoms in total. The molecule has 0 aliphatic heterocycles. The van der Waals surface area contributed by atoms with E-state index < -0.39 is 27.5 Å². The minimum atomic E-state index is -1.04. The summed E-state index contributed by atoms with van der Waals surface area (Å²) in [6.07, 6.45) is 0. The largest absolute Gasteiger partial charge is 1.00 e. The van der Waals surface area contributed by atoms with E-state index in [2.05, 4.69) is 25.4 Å². The maximum Gasteiger partial charge on any atom is 1.00 e. The van der Waals surface area contributed by atoms with Crippen molar-refractivity contribution >= 4 is 33.8 Å². The van der Waals surface area contributed by atoms with Crippen LogP contribution in [0.25, 0.3) is 0 Å². The van der Waals surface area contributed by atoms with Crippen LogP contribution in [0.5, 0.6) is 34.5 Å². The fourth-order valence-electron chi connectivity index (χ4n) is 4.55. The molecule has 0 unspecified atom stereocenters. The molecule has 0 atom stereocenters. The second kappa shape index (κ2) is 35.0. The average Bonchev–Trinajstić information content (AvgIpc) is 3.24. The van der Waals surface area contributed by atoms with Gasteiger partial charge in [-0.25, -0.2) is 9.59 Å². The third-order valence-electron chi connectivity index (χ3n) is 7.76. The average molecular weight is 996 g/mol. The smallest absolute Gasteiger partial charge is 1.00 e. The molecule has 0 spiro atoms. The molecule has 0 radical (unpaired) electrons. The number of aromatic hydroxyl groups is 2. The molecule has 0 aliphatic carbocycles. The Morgan fingerprint density at radius 2 is 0.712 bits per heavy atom. The van der Waals surface area contributed by atoms with Gasteiger partial charge in [0.15, 0.2) is 11.2 Å². The number of hydrogen-bond donors (Lipinski definition) is 2. The van der Waals surface area contributed by atoms with Crippen LogP contribution in [0.3, 0.4) is 0 Å². The van der Waals surface area contributed by atoms with E-state index in [0.717, 1.165) is 22.6 Å². The second-order valence-corrected chi connectivity index (χ2v) is 16.2. The summed E-state index contributed by atoms with van der Waals surface area (Å²) < 4.78 is 35.5. The van der Waals surface area contributed by atoms with Crippen molar-refractivity contribution < 1.29 is 88.7 Å². The van der Waals surface area contributed by atoms with Crippen molar-refractivity contribution in [2.75, 3.05) is 21.3 Å². The Kier molecular flexibility index (Phi) is 37.1. The standard InChI is InChI=1S/C18H20O4.C13H12O2.C11H14O4.C5H9BrO2.5CH4.Na.H/c1-18(2,17(19)20-3)22-16-11-9-15(10-12-16)21-13-14-7-5-4-6-8-14;14-12-6-8-13(9-7-12)15-10-11-4-2-1-3-5-11;1-11(2,10(13)14-3)15-9-6-4-8(12)5-7-9;1-5(2,6)4(7)8-3;;;;;;;/h4-12H,13H2,1-3H3;1-9,14H,10H2;4-7,12H,1-3H3;1-3H3;5*1H4;;/q;;;;;;;;;+1;-1. The van der Waals surface area contributed by atoms with E-state index in [1.165, 1.54) is 33.5 Å². The minimum Gasteiger partial charge on any atom is -1.00 e. The quantitative estimate of drug-likeness (QED) is 0.0499. The van der Waals surface area contributed by atoms with E-state index in [-0.39, 0.29) is 85.6 Å². The maximum atomic E-state index is 11.6. The van der Waals surface area contributed by atoms with Crippen molar-refractivity contribution in [2.24, 2.45) is 0 Å². The van der Waals surface area contributed by atoms with Crippen LogP contribution in [0.15, 0.2) is 133 Å². The number of carbonyl (C=O) groups is 3. The summed E-state index contributed by atoms with van der Waals surface area (Å²) in [5, 5.41) is 18.1. The van der Waals surface area contributed by atoms with Crippen molar-refractivity contribution in [3.63, 3.8) is 0 Å².